The summed E-state index contributed by atoms with van der Waals surface area (Å²) >= 11 is 0. The Hall–Kier alpha value is -2.06. The van der Waals surface area contributed by atoms with Gasteiger partial charge in [-0.05, 0) is 30.3 Å². The van der Waals surface area contributed by atoms with Gasteiger partial charge in [0.15, 0.2) is 8.32 Å². The minimum Gasteiger partial charge on any atom is -0.411 e. The Morgan fingerprint density at radius 1 is 1.26 bits per heavy atom. The maximum atomic E-state index is 10.7. The van der Waals surface area contributed by atoms with Crippen LogP contribution in [0.5, 0.6) is 0 Å². The standard InChI is InChI=1S/C15H22N4O3Si/c1-15(2,3)23(4,5)22-10-13-14(17-18-16-13)11-6-8-12(9-7-11)19(20)21/h6-9H,10H2,1-5H3,(H,16,17,18). The third-order valence-electron chi connectivity index (χ3n) is 4.36. The molecule has 0 saturated heterocycles. The summed E-state index contributed by atoms with van der Waals surface area (Å²) in [5, 5.41) is 21.6. The zero-order valence-electron chi connectivity index (χ0n) is 14.1. The number of H-pyrrole nitrogens is 1. The lowest BCUT2D eigenvalue weighted by Crippen LogP contribution is -2.40. The number of non-ortho nitro benzene ring substituents is 1. The molecular formula is C15H22N4O3Si. The number of nitrogens with one attached hydrogen (secondary N) is 1. The molecule has 0 saturated carbocycles. The summed E-state index contributed by atoms with van der Waals surface area (Å²) in [6.45, 7) is 11.3. The second-order valence-electron chi connectivity index (χ2n) is 6.99. The molecule has 0 bridgehead atoms. The van der Waals surface area contributed by atoms with Crippen LogP contribution in [-0.4, -0.2) is 28.7 Å². The summed E-state index contributed by atoms with van der Waals surface area (Å²) < 4.78 is 6.18. The fourth-order valence-corrected chi connectivity index (χ4v) is 2.73. The number of benzene rings is 1. The summed E-state index contributed by atoms with van der Waals surface area (Å²) in [4.78, 5) is 10.3. The zero-order valence-corrected chi connectivity index (χ0v) is 15.1. The van der Waals surface area contributed by atoms with Crippen molar-refractivity contribution in [2.75, 3.05) is 0 Å². The topological polar surface area (TPSA) is 93.9 Å². The number of aromatic amines is 1. The van der Waals surface area contributed by atoms with Gasteiger partial charge in [-0.1, -0.05) is 26.0 Å². The van der Waals surface area contributed by atoms with Crippen LogP contribution in [0.3, 0.4) is 0 Å². The molecular weight excluding hydrogens is 312 g/mol. The van der Waals surface area contributed by atoms with Gasteiger partial charge in [-0.2, -0.15) is 0 Å². The predicted octanol–water partition coefficient (Wildman–Crippen LogP) is 3.90. The van der Waals surface area contributed by atoms with E-state index >= 15 is 0 Å². The first-order valence-electron chi connectivity index (χ1n) is 7.40. The first kappa shape index (κ1) is 17.3. The van der Waals surface area contributed by atoms with E-state index in [0.717, 1.165) is 11.3 Å². The van der Waals surface area contributed by atoms with Crippen LogP contribution in [0.25, 0.3) is 11.3 Å². The van der Waals surface area contributed by atoms with Gasteiger partial charge in [0.05, 0.1) is 17.2 Å². The summed E-state index contributed by atoms with van der Waals surface area (Å²) in [6, 6.07) is 6.27. The smallest absolute Gasteiger partial charge is 0.269 e. The molecule has 0 spiro atoms. The van der Waals surface area contributed by atoms with E-state index in [1.165, 1.54) is 12.1 Å². The number of hydrogen-bond donors (Lipinski definition) is 1. The molecule has 0 radical (unpaired) electrons. The maximum absolute atomic E-state index is 10.7. The van der Waals surface area contributed by atoms with Gasteiger partial charge in [0.2, 0.25) is 0 Å². The molecule has 124 valence electrons. The first-order chi connectivity index (χ1) is 10.6. The van der Waals surface area contributed by atoms with Crippen molar-refractivity contribution in [1.29, 1.82) is 0 Å². The second-order valence-corrected chi connectivity index (χ2v) is 11.8. The minimum atomic E-state index is -1.87. The van der Waals surface area contributed by atoms with Crippen molar-refractivity contribution in [1.82, 2.24) is 15.4 Å². The summed E-state index contributed by atoms with van der Waals surface area (Å²) in [6.07, 6.45) is 0. The van der Waals surface area contributed by atoms with Crippen LogP contribution in [0.2, 0.25) is 18.1 Å². The molecule has 2 aromatic rings. The Morgan fingerprint density at radius 3 is 2.39 bits per heavy atom. The molecule has 0 aliphatic rings. The highest BCUT2D eigenvalue weighted by Gasteiger charge is 2.37. The number of nitro benzene ring substituents is 1. The van der Waals surface area contributed by atoms with E-state index in [9.17, 15) is 10.1 Å². The molecule has 1 N–H and O–H groups in total. The highest BCUT2D eigenvalue weighted by Crippen LogP contribution is 2.37. The van der Waals surface area contributed by atoms with Gasteiger partial charge in [0.25, 0.3) is 5.69 Å². The Morgan fingerprint density at radius 2 is 1.87 bits per heavy atom. The summed E-state index contributed by atoms with van der Waals surface area (Å²) in [5.41, 5.74) is 2.27. The van der Waals surface area contributed by atoms with Crippen molar-refractivity contribution >= 4 is 14.0 Å². The molecule has 23 heavy (non-hydrogen) atoms. The highest BCUT2D eigenvalue weighted by molar-refractivity contribution is 6.74. The fourth-order valence-electron chi connectivity index (χ4n) is 1.79. The van der Waals surface area contributed by atoms with Gasteiger partial charge in [0, 0.05) is 17.7 Å². The lowest BCUT2D eigenvalue weighted by atomic mass is 10.1. The molecule has 0 amide bonds. The fraction of sp³-hybridized carbons (Fsp3) is 0.467. The van der Waals surface area contributed by atoms with Gasteiger partial charge in [-0.3, -0.25) is 15.2 Å². The van der Waals surface area contributed by atoms with E-state index < -0.39 is 13.2 Å². The van der Waals surface area contributed by atoms with E-state index in [2.05, 4.69) is 49.3 Å². The Labute approximate surface area is 136 Å². The molecule has 7 nitrogen and oxygen atoms in total. The van der Waals surface area contributed by atoms with E-state index in [1.807, 2.05) is 0 Å². The Bertz CT molecular complexity index is 689. The zero-order chi connectivity index (χ0) is 17.3. The molecule has 0 aliphatic carbocycles. The summed E-state index contributed by atoms with van der Waals surface area (Å²) in [7, 11) is -1.87. The van der Waals surface area contributed by atoms with Crippen LogP contribution >= 0.6 is 0 Å². The third-order valence-corrected chi connectivity index (χ3v) is 8.83. The third kappa shape index (κ3) is 3.83. The second kappa shape index (κ2) is 6.21. The molecule has 0 fully saturated rings. The van der Waals surface area contributed by atoms with Crippen LogP contribution in [0.1, 0.15) is 26.5 Å². The Balaban J connectivity index is 2.18. The molecule has 2 rings (SSSR count). The molecule has 1 aromatic carbocycles. The molecule has 0 atom stereocenters. The van der Waals surface area contributed by atoms with E-state index in [4.69, 9.17) is 4.43 Å². The SMILES string of the molecule is CC(C)(C)[Si](C)(C)OCc1[nH]nnc1-c1ccc([N+](=O)[O-])cc1. The maximum Gasteiger partial charge on any atom is 0.269 e. The monoisotopic (exact) mass is 334 g/mol. The molecule has 1 heterocycles. The number of nitro groups is 1. The van der Waals surface area contributed by atoms with E-state index in [-0.39, 0.29) is 10.7 Å². The van der Waals surface area contributed by atoms with Gasteiger partial charge in [-0.15, -0.1) is 5.10 Å². The lowest BCUT2D eigenvalue weighted by molar-refractivity contribution is -0.384. The van der Waals surface area contributed by atoms with Crippen molar-refractivity contribution in [3.05, 3.63) is 40.1 Å². The average Bonchev–Trinajstić information content (AvgIpc) is 2.92. The quantitative estimate of drug-likeness (QED) is 0.508. The van der Waals surface area contributed by atoms with E-state index in [1.54, 1.807) is 12.1 Å². The predicted molar refractivity (Wildman–Crippen MR) is 90.5 cm³/mol. The number of hydrogen-bond acceptors (Lipinski definition) is 5. The van der Waals surface area contributed by atoms with Crippen LogP contribution in [0.4, 0.5) is 5.69 Å². The molecule has 8 heteroatoms. The van der Waals surface area contributed by atoms with Crippen LogP contribution < -0.4 is 0 Å². The number of aromatic nitrogens is 3. The lowest BCUT2D eigenvalue weighted by Gasteiger charge is -2.36. The van der Waals surface area contributed by atoms with Crippen molar-refractivity contribution in [3.63, 3.8) is 0 Å². The van der Waals surface area contributed by atoms with Crippen LogP contribution in [-0.2, 0) is 11.0 Å². The minimum absolute atomic E-state index is 0.0521. The van der Waals surface area contributed by atoms with Crippen LogP contribution in [0, 0.1) is 10.1 Å². The largest absolute Gasteiger partial charge is 0.411 e. The van der Waals surface area contributed by atoms with Crippen molar-refractivity contribution in [3.8, 4) is 11.3 Å². The van der Waals surface area contributed by atoms with Gasteiger partial charge in [-0.25, -0.2) is 0 Å². The summed E-state index contributed by atoms with van der Waals surface area (Å²) in [5.74, 6) is 0. The average molecular weight is 334 g/mol. The normalized spacial score (nSPS) is 12.4. The first-order valence-corrected chi connectivity index (χ1v) is 10.3. The van der Waals surface area contributed by atoms with Gasteiger partial charge in [0.1, 0.15) is 5.69 Å². The molecule has 0 unspecified atom stereocenters. The Kier molecular flexibility index (Phi) is 4.67. The molecule has 1 aromatic heterocycles. The van der Waals surface area contributed by atoms with Gasteiger partial charge >= 0.3 is 0 Å². The van der Waals surface area contributed by atoms with Crippen molar-refractivity contribution < 1.29 is 9.35 Å². The number of rotatable bonds is 5. The highest BCUT2D eigenvalue weighted by atomic mass is 28.4. The van der Waals surface area contributed by atoms with Gasteiger partial charge < -0.3 is 4.43 Å². The molecule has 0 aliphatic heterocycles. The van der Waals surface area contributed by atoms with E-state index in [0.29, 0.717) is 12.3 Å². The van der Waals surface area contributed by atoms with Crippen molar-refractivity contribution in [2.45, 2.75) is 45.5 Å². The van der Waals surface area contributed by atoms with Crippen LogP contribution in [0.15, 0.2) is 24.3 Å². The number of nitrogens with zero attached hydrogens (tertiary/aromatic N) is 3. The van der Waals surface area contributed by atoms with Crippen molar-refractivity contribution in [2.24, 2.45) is 0 Å².